The van der Waals surface area contributed by atoms with Gasteiger partial charge in [-0.2, -0.15) is 0 Å². The van der Waals surface area contributed by atoms with E-state index in [-0.39, 0.29) is 17.4 Å². The number of aromatic nitrogens is 1. The number of nitrogens with two attached hydrogens (primary N) is 2. The highest BCUT2D eigenvalue weighted by Gasteiger charge is 2.17. The van der Waals surface area contributed by atoms with Crippen LogP contribution in [0.5, 0.6) is 0 Å². The standard InChI is InChI=1S/C7H8ClF2N3/c8-4-1-3(2-11)13-7(12)5(4)6(9)10/h1,6H,2,11H2,(H2,12,13). The molecule has 0 radical (unpaired) electrons. The lowest BCUT2D eigenvalue weighted by Gasteiger charge is -2.07. The Hall–Kier alpha value is -0.940. The molecule has 3 nitrogen and oxygen atoms in total. The summed E-state index contributed by atoms with van der Waals surface area (Å²) in [6, 6.07) is 1.29. The van der Waals surface area contributed by atoms with Crippen LogP contribution in [0.25, 0.3) is 0 Å². The number of pyridine rings is 1. The van der Waals surface area contributed by atoms with Crippen molar-refractivity contribution in [2.24, 2.45) is 5.73 Å². The molecular formula is C7H8ClF2N3. The van der Waals surface area contributed by atoms with E-state index in [2.05, 4.69) is 4.98 Å². The minimum Gasteiger partial charge on any atom is -0.383 e. The van der Waals surface area contributed by atoms with Crippen LogP contribution in [0.4, 0.5) is 14.6 Å². The molecule has 13 heavy (non-hydrogen) atoms. The lowest BCUT2D eigenvalue weighted by atomic mass is 10.2. The van der Waals surface area contributed by atoms with E-state index < -0.39 is 12.0 Å². The number of nitrogen functional groups attached to an aromatic ring is 1. The van der Waals surface area contributed by atoms with Gasteiger partial charge in [0.15, 0.2) is 0 Å². The fourth-order valence-corrected chi connectivity index (χ4v) is 1.22. The van der Waals surface area contributed by atoms with Crippen LogP contribution < -0.4 is 11.5 Å². The number of hydrogen-bond acceptors (Lipinski definition) is 3. The van der Waals surface area contributed by atoms with E-state index in [1.165, 1.54) is 6.07 Å². The zero-order chi connectivity index (χ0) is 10.0. The molecule has 0 saturated heterocycles. The van der Waals surface area contributed by atoms with Gasteiger partial charge in [0.1, 0.15) is 5.82 Å². The Morgan fingerprint density at radius 1 is 1.54 bits per heavy atom. The lowest BCUT2D eigenvalue weighted by molar-refractivity contribution is 0.152. The van der Waals surface area contributed by atoms with Crippen molar-refractivity contribution >= 4 is 17.4 Å². The van der Waals surface area contributed by atoms with Crippen LogP contribution in [0.15, 0.2) is 6.07 Å². The Kier molecular flexibility index (Phi) is 3.00. The maximum Gasteiger partial charge on any atom is 0.268 e. The first-order valence-electron chi connectivity index (χ1n) is 3.49. The van der Waals surface area contributed by atoms with Crippen LogP contribution >= 0.6 is 11.6 Å². The van der Waals surface area contributed by atoms with Gasteiger partial charge in [-0.05, 0) is 6.07 Å². The fourth-order valence-electron chi connectivity index (χ4n) is 0.914. The van der Waals surface area contributed by atoms with E-state index in [0.29, 0.717) is 5.69 Å². The van der Waals surface area contributed by atoms with Crippen LogP contribution in [0.1, 0.15) is 17.7 Å². The molecule has 1 heterocycles. The quantitative estimate of drug-likeness (QED) is 0.776. The van der Waals surface area contributed by atoms with E-state index in [1.807, 2.05) is 0 Å². The molecule has 72 valence electrons. The van der Waals surface area contributed by atoms with Crippen molar-refractivity contribution in [2.45, 2.75) is 13.0 Å². The molecule has 0 spiro atoms. The molecule has 0 aliphatic rings. The molecule has 1 aromatic heterocycles. The van der Waals surface area contributed by atoms with Gasteiger partial charge in [-0.1, -0.05) is 11.6 Å². The predicted molar refractivity (Wildman–Crippen MR) is 46.5 cm³/mol. The largest absolute Gasteiger partial charge is 0.383 e. The number of rotatable bonds is 2. The van der Waals surface area contributed by atoms with Crippen molar-refractivity contribution < 1.29 is 8.78 Å². The van der Waals surface area contributed by atoms with Crippen molar-refractivity contribution in [3.8, 4) is 0 Å². The Bertz CT molecular complexity index is 294. The molecule has 0 aliphatic carbocycles. The lowest BCUT2D eigenvalue weighted by Crippen LogP contribution is -2.06. The Labute approximate surface area is 78.7 Å². The Morgan fingerprint density at radius 3 is 2.54 bits per heavy atom. The molecule has 1 aromatic rings. The van der Waals surface area contributed by atoms with E-state index in [0.717, 1.165) is 0 Å². The summed E-state index contributed by atoms with van der Waals surface area (Å²) in [6.07, 6.45) is -2.72. The third-order valence-corrected chi connectivity index (χ3v) is 1.83. The average Bonchev–Trinajstić information content (AvgIpc) is 2.02. The van der Waals surface area contributed by atoms with Crippen molar-refractivity contribution in [3.63, 3.8) is 0 Å². The predicted octanol–water partition coefficient (Wildman–Crippen LogP) is 1.71. The maximum absolute atomic E-state index is 12.3. The first kappa shape index (κ1) is 10.1. The van der Waals surface area contributed by atoms with Gasteiger partial charge in [0, 0.05) is 6.54 Å². The zero-order valence-electron chi connectivity index (χ0n) is 6.60. The third kappa shape index (κ3) is 2.05. The smallest absolute Gasteiger partial charge is 0.268 e. The summed E-state index contributed by atoms with van der Waals surface area (Å²) in [5.41, 5.74) is 10.5. The number of alkyl halides is 2. The summed E-state index contributed by atoms with van der Waals surface area (Å²) in [6.45, 7) is 0.118. The second-order valence-electron chi connectivity index (χ2n) is 2.40. The topological polar surface area (TPSA) is 64.9 Å². The molecule has 0 aromatic carbocycles. The van der Waals surface area contributed by atoms with Crippen LogP contribution in [0.2, 0.25) is 5.02 Å². The first-order valence-corrected chi connectivity index (χ1v) is 3.87. The Morgan fingerprint density at radius 2 is 2.15 bits per heavy atom. The summed E-state index contributed by atoms with van der Waals surface area (Å²) in [5.74, 6) is -0.261. The minimum absolute atomic E-state index is 0.0945. The zero-order valence-corrected chi connectivity index (χ0v) is 7.35. The van der Waals surface area contributed by atoms with Gasteiger partial charge in [0.05, 0.1) is 16.3 Å². The second kappa shape index (κ2) is 3.85. The number of hydrogen-bond donors (Lipinski definition) is 2. The molecule has 0 atom stereocenters. The van der Waals surface area contributed by atoms with Crippen molar-refractivity contribution in [2.75, 3.05) is 5.73 Å². The van der Waals surface area contributed by atoms with Crippen molar-refractivity contribution in [1.29, 1.82) is 0 Å². The van der Waals surface area contributed by atoms with Gasteiger partial charge >= 0.3 is 0 Å². The molecule has 0 saturated carbocycles. The average molecular weight is 208 g/mol. The number of nitrogens with zero attached hydrogens (tertiary/aromatic N) is 1. The molecule has 0 amide bonds. The molecule has 0 bridgehead atoms. The van der Waals surface area contributed by atoms with E-state index in [9.17, 15) is 8.78 Å². The summed E-state index contributed by atoms with van der Waals surface area (Å²) >= 11 is 5.55. The van der Waals surface area contributed by atoms with Gasteiger partial charge in [-0.25, -0.2) is 13.8 Å². The summed E-state index contributed by atoms with van der Waals surface area (Å²) in [5, 5.41) is -0.0945. The summed E-state index contributed by atoms with van der Waals surface area (Å²) in [4.78, 5) is 3.66. The highest BCUT2D eigenvalue weighted by Crippen LogP contribution is 2.31. The number of halogens is 3. The molecule has 1 rings (SSSR count). The minimum atomic E-state index is -2.72. The normalized spacial score (nSPS) is 10.8. The number of anilines is 1. The van der Waals surface area contributed by atoms with Crippen molar-refractivity contribution in [3.05, 3.63) is 22.3 Å². The molecule has 0 aliphatic heterocycles. The highest BCUT2D eigenvalue weighted by atomic mass is 35.5. The highest BCUT2D eigenvalue weighted by molar-refractivity contribution is 6.31. The van der Waals surface area contributed by atoms with E-state index in [4.69, 9.17) is 23.1 Å². The molecular weight excluding hydrogens is 200 g/mol. The van der Waals surface area contributed by atoms with Gasteiger partial charge in [-0.3, -0.25) is 0 Å². The van der Waals surface area contributed by atoms with E-state index in [1.54, 1.807) is 0 Å². The molecule has 0 fully saturated rings. The fraction of sp³-hybridized carbons (Fsp3) is 0.286. The first-order chi connectivity index (χ1) is 6.06. The van der Waals surface area contributed by atoms with Gasteiger partial charge in [-0.15, -0.1) is 0 Å². The molecule has 0 unspecified atom stereocenters. The van der Waals surface area contributed by atoms with Gasteiger partial charge in [0.25, 0.3) is 6.43 Å². The monoisotopic (exact) mass is 207 g/mol. The third-order valence-electron chi connectivity index (χ3n) is 1.52. The van der Waals surface area contributed by atoms with Crippen LogP contribution in [0.3, 0.4) is 0 Å². The van der Waals surface area contributed by atoms with Crippen LogP contribution in [0, 0.1) is 0 Å². The van der Waals surface area contributed by atoms with Crippen LogP contribution in [-0.4, -0.2) is 4.98 Å². The van der Waals surface area contributed by atoms with Crippen LogP contribution in [-0.2, 0) is 6.54 Å². The molecule has 4 N–H and O–H groups in total. The van der Waals surface area contributed by atoms with Gasteiger partial charge in [0.2, 0.25) is 0 Å². The van der Waals surface area contributed by atoms with Gasteiger partial charge < -0.3 is 11.5 Å². The van der Waals surface area contributed by atoms with E-state index >= 15 is 0 Å². The second-order valence-corrected chi connectivity index (χ2v) is 2.81. The summed E-state index contributed by atoms with van der Waals surface area (Å²) < 4.78 is 24.6. The van der Waals surface area contributed by atoms with Crippen molar-refractivity contribution in [1.82, 2.24) is 4.98 Å². The Balaban J connectivity index is 3.23. The maximum atomic E-state index is 12.3. The summed E-state index contributed by atoms with van der Waals surface area (Å²) in [7, 11) is 0. The SMILES string of the molecule is NCc1cc(Cl)c(C(F)F)c(N)n1. The molecule has 6 heteroatoms.